The molecular formula is C19H22N2O2S. The molecule has 0 aliphatic heterocycles. The van der Waals surface area contributed by atoms with Crippen molar-refractivity contribution in [3.63, 3.8) is 0 Å². The minimum atomic E-state index is -1.30. The van der Waals surface area contributed by atoms with Crippen molar-refractivity contribution in [1.29, 1.82) is 0 Å². The minimum absolute atomic E-state index is 0.264. The minimum Gasteiger partial charge on any atom is -0.379 e. The molecule has 4 rings (SSSR count). The van der Waals surface area contributed by atoms with E-state index in [2.05, 4.69) is 5.32 Å². The zero-order chi connectivity index (χ0) is 16.6. The number of hydrogen-bond donors (Lipinski definition) is 2. The van der Waals surface area contributed by atoms with Gasteiger partial charge >= 0.3 is 0 Å². The number of carbonyl (C=O) groups is 1. The van der Waals surface area contributed by atoms with Gasteiger partial charge in [0.1, 0.15) is 0 Å². The molecule has 0 saturated heterocycles. The Kier molecular flexibility index (Phi) is 4.14. The Balaban J connectivity index is 1.33. The summed E-state index contributed by atoms with van der Waals surface area (Å²) in [4.78, 5) is 18.6. The van der Waals surface area contributed by atoms with Gasteiger partial charge in [-0.25, -0.2) is 4.98 Å². The quantitative estimate of drug-likeness (QED) is 0.895. The van der Waals surface area contributed by atoms with E-state index >= 15 is 0 Å². The normalized spacial score (nSPS) is 18.0. The second kappa shape index (κ2) is 6.30. The Morgan fingerprint density at radius 2 is 1.92 bits per heavy atom. The van der Waals surface area contributed by atoms with Crippen LogP contribution in [-0.4, -0.2) is 28.1 Å². The van der Waals surface area contributed by atoms with Crippen LogP contribution in [0.25, 0.3) is 0 Å². The summed E-state index contributed by atoms with van der Waals surface area (Å²) in [7, 11) is 0. The average molecular weight is 342 g/mol. The summed E-state index contributed by atoms with van der Waals surface area (Å²) in [5, 5.41) is 14.7. The van der Waals surface area contributed by atoms with E-state index in [9.17, 15) is 9.90 Å². The van der Waals surface area contributed by atoms with Gasteiger partial charge in [0.2, 0.25) is 0 Å². The molecule has 0 spiro atoms. The van der Waals surface area contributed by atoms with Gasteiger partial charge in [-0.3, -0.25) is 4.79 Å². The van der Waals surface area contributed by atoms with Gasteiger partial charge in [0.05, 0.1) is 10.7 Å². The SMILES string of the molecule is O=C(NCCc1nc2c(s1)CCCC2)C1(O)Cc2ccccc2C1. The fourth-order valence-corrected chi connectivity index (χ4v) is 4.87. The first-order chi connectivity index (χ1) is 11.6. The number of benzene rings is 1. The molecule has 0 radical (unpaired) electrons. The maximum atomic E-state index is 12.4. The number of hydrogen-bond acceptors (Lipinski definition) is 4. The van der Waals surface area contributed by atoms with E-state index in [1.165, 1.54) is 23.4 Å². The van der Waals surface area contributed by atoms with Crippen LogP contribution in [0.15, 0.2) is 24.3 Å². The first-order valence-corrected chi connectivity index (χ1v) is 9.51. The van der Waals surface area contributed by atoms with E-state index in [1.54, 1.807) is 11.3 Å². The number of thiazole rings is 1. The highest BCUT2D eigenvalue weighted by atomic mass is 32.1. The van der Waals surface area contributed by atoms with Crippen LogP contribution in [0.1, 0.15) is 39.5 Å². The van der Waals surface area contributed by atoms with Gasteiger partial charge in [0.25, 0.3) is 5.91 Å². The molecule has 24 heavy (non-hydrogen) atoms. The van der Waals surface area contributed by atoms with Crippen LogP contribution >= 0.6 is 11.3 Å². The van der Waals surface area contributed by atoms with Crippen molar-refractivity contribution < 1.29 is 9.90 Å². The first-order valence-electron chi connectivity index (χ1n) is 8.69. The van der Waals surface area contributed by atoms with Crippen LogP contribution in [0.5, 0.6) is 0 Å². The molecule has 4 nitrogen and oxygen atoms in total. The molecule has 126 valence electrons. The number of nitrogens with one attached hydrogen (secondary N) is 1. The molecule has 2 N–H and O–H groups in total. The topological polar surface area (TPSA) is 62.2 Å². The lowest BCUT2D eigenvalue weighted by Crippen LogP contribution is -2.48. The summed E-state index contributed by atoms with van der Waals surface area (Å²) in [5.41, 5.74) is 2.11. The Bertz CT molecular complexity index is 720. The van der Waals surface area contributed by atoms with Gasteiger partial charge in [0.15, 0.2) is 5.60 Å². The van der Waals surface area contributed by atoms with Crippen LogP contribution < -0.4 is 5.32 Å². The smallest absolute Gasteiger partial charge is 0.252 e. The predicted molar refractivity (Wildman–Crippen MR) is 94.3 cm³/mol. The van der Waals surface area contributed by atoms with Crippen LogP contribution in [-0.2, 0) is 36.9 Å². The zero-order valence-electron chi connectivity index (χ0n) is 13.7. The summed E-state index contributed by atoms with van der Waals surface area (Å²) in [6, 6.07) is 7.88. The van der Waals surface area contributed by atoms with Crippen molar-refractivity contribution >= 4 is 17.2 Å². The van der Waals surface area contributed by atoms with Gasteiger partial charge in [-0.2, -0.15) is 0 Å². The van der Waals surface area contributed by atoms with E-state index < -0.39 is 5.60 Å². The maximum Gasteiger partial charge on any atom is 0.252 e. The van der Waals surface area contributed by atoms with Crippen molar-refractivity contribution in [3.8, 4) is 0 Å². The summed E-state index contributed by atoms with van der Waals surface area (Å²) in [6.07, 6.45) is 6.29. The van der Waals surface area contributed by atoms with E-state index in [0.29, 0.717) is 19.4 Å². The van der Waals surface area contributed by atoms with Crippen LogP contribution in [0, 0.1) is 0 Å². The Morgan fingerprint density at radius 1 is 1.21 bits per heavy atom. The molecule has 1 aromatic heterocycles. The highest BCUT2D eigenvalue weighted by molar-refractivity contribution is 7.11. The summed E-state index contributed by atoms with van der Waals surface area (Å²) in [6.45, 7) is 0.532. The lowest BCUT2D eigenvalue weighted by Gasteiger charge is -2.21. The van der Waals surface area contributed by atoms with E-state index in [-0.39, 0.29) is 5.91 Å². The van der Waals surface area contributed by atoms with Gasteiger partial charge in [-0.05, 0) is 36.8 Å². The van der Waals surface area contributed by atoms with Gasteiger partial charge in [-0.1, -0.05) is 24.3 Å². The first kappa shape index (κ1) is 15.8. The number of aryl methyl sites for hydroxylation is 2. The predicted octanol–water partition coefficient (Wildman–Crippen LogP) is 2.21. The number of aliphatic hydroxyl groups is 1. The second-order valence-corrected chi connectivity index (χ2v) is 8.01. The molecule has 0 fully saturated rings. The summed E-state index contributed by atoms with van der Waals surface area (Å²) in [5.74, 6) is -0.264. The second-order valence-electron chi connectivity index (χ2n) is 6.84. The van der Waals surface area contributed by atoms with Crippen LogP contribution in [0.2, 0.25) is 0 Å². The highest BCUT2D eigenvalue weighted by Crippen LogP contribution is 2.30. The van der Waals surface area contributed by atoms with Crippen molar-refractivity contribution in [3.05, 3.63) is 51.0 Å². The lowest BCUT2D eigenvalue weighted by atomic mass is 9.99. The Morgan fingerprint density at radius 3 is 2.62 bits per heavy atom. The third kappa shape index (κ3) is 2.98. The molecule has 5 heteroatoms. The Labute approximate surface area is 145 Å². The third-order valence-corrected chi connectivity index (χ3v) is 6.24. The number of fused-ring (bicyclic) bond motifs is 2. The fraction of sp³-hybridized carbons (Fsp3) is 0.474. The van der Waals surface area contributed by atoms with E-state index in [0.717, 1.165) is 35.4 Å². The van der Waals surface area contributed by atoms with Gasteiger partial charge in [-0.15, -0.1) is 11.3 Å². The molecule has 2 aliphatic rings. The van der Waals surface area contributed by atoms with Crippen LogP contribution in [0.3, 0.4) is 0 Å². The van der Waals surface area contributed by atoms with Crippen LogP contribution in [0.4, 0.5) is 0 Å². The van der Waals surface area contributed by atoms with Crippen molar-refractivity contribution in [2.75, 3.05) is 6.54 Å². The largest absolute Gasteiger partial charge is 0.379 e. The lowest BCUT2D eigenvalue weighted by molar-refractivity contribution is -0.138. The van der Waals surface area contributed by atoms with Crippen molar-refractivity contribution in [2.24, 2.45) is 0 Å². The van der Waals surface area contributed by atoms with Gasteiger partial charge < -0.3 is 10.4 Å². The van der Waals surface area contributed by atoms with Crippen molar-refractivity contribution in [2.45, 2.75) is 50.5 Å². The Hall–Kier alpha value is -1.72. The molecule has 0 unspecified atom stereocenters. The number of aromatic nitrogens is 1. The number of amides is 1. The number of carbonyl (C=O) groups excluding carboxylic acids is 1. The highest BCUT2D eigenvalue weighted by Gasteiger charge is 2.41. The monoisotopic (exact) mass is 342 g/mol. The molecule has 0 saturated carbocycles. The average Bonchev–Trinajstić information content (AvgIpc) is 3.14. The summed E-state index contributed by atoms with van der Waals surface area (Å²) < 4.78 is 0. The molecule has 1 amide bonds. The van der Waals surface area contributed by atoms with E-state index in [1.807, 2.05) is 24.3 Å². The molecule has 2 aliphatic carbocycles. The standard InChI is InChI=1S/C19H22N2O2S/c22-18(19(23)11-13-5-1-2-6-14(13)12-19)20-10-9-17-21-15-7-3-4-8-16(15)24-17/h1-2,5-6,23H,3-4,7-12H2,(H,20,22). The molecule has 1 heterocycles. The molecule has 0 atom stereocenters. The third-order valence-electron chi connectivity index (χ3n) is 5.02. The van der Waals surface area contributed by atoms with Gasteiger partial charge in [0, 0.05) is 30.7 Å². The van der Waals surface area contributed by atoms with Crippen molar-refractivity contribution in [1.82, 2.24) is 10.3 Å². The zero-order valence-corrected chi connectivity index (χ0v) is 14.5. The molecule has 0 bridgehead atoms. The molecule has 1 aromatic carbocycles. The maximum absolute atomic E-state index is 12.4. The molecular weight excluding hydrogens is 320 g/mol. The fourth-order valence-electron chi connectivity index (χ4n) is 3.72. The number of nitrogens with zero attached hydrogens (tertiary/aromatic N) is 1. The van der Waals surface area contributed by atoms with E-state index in [4.69, 9.17) is 4.98 Å². The number of rotatable bonds is 4. The molecule has 2 aromatic rings. The summed E-state index contributed by atoms with van der Waals surface area (Å²) >= 11 is 1.78.